The van der Waals surface area contributed by atoms with E-state index in [2.05, 4.69) is 20.8 Å². The zero-order valence-electron chi connectivity index (χ0n) is 11.4. The topological polar surface area (TPSA) is 109 Å². The molecule has 1 aromatic rings. The summed E-state index contributed by atoms with van der Waals surface area (Å²) < 4.78 is 1.69. The van der Waals surface area contributed by atoms with Gasteiger partial charge in [-0.05, 0) is 12.8 Å². The van der Waals surface area contributed by atoms with Crippen LogP contribution in [0.25, 0.3) is 0 Å². The minimum Gasteiger partial charge on any atom is -0.480 e. The van der Waals surface area contributed by atoms with E-state index in [9.17, 15) is 14.7 Å². The maximum atomic E-state index is 11.9. The van der Waals surface area contributed by atoms with Crippen molar-refractivity contribution >= 4 is 12.0 Å². The number of aliphatic carboxylic acids is 1. The van der Waals surface area contributed by atoms with Crippen LogP contribution in [-0.2, 0) is 18.4 Å². The summed E-state index contributed by atoms with van der Waals surface area (Å²) in [7, 11) is 1.77. The lowest BCUT2D eigenvalue weighted by Gasteiger charge is -2.33. The maximum absolute atomic E-state index is 11.9. The molecule has 0 atom stereocenters. The number of hydrogen-bond donors (Lipinski definition) is 3. The molecule has 20 heavy (non-hydrogen) atoms. The van der Waals surface area contributed by atoms with Gasteiger partial charge in [-0.15, -0.1) is 10.2 Å². The van der Waals surface area contributed by atoms with Crippen molar-refractivity contribution in [1.29, 1.82) is 0 Å². The normalized spacial score (nSPS) is 17.4. The van der Waals surface area contributed by atoms with Crippen molar-refractivity contribution in [3.63, 3.8) is 0 Å². The smallest absolute Gasteiger partial charge is 0.329 e. The number of rotatable bonds is 4. The molecule has 0 saturated heterocycles. The lowest BCUT2D eigenvalue weighted by Crippen LogP contribution is -2.58. The van der Waals surface area contributed by atoms with Gasteiger partial charge in [-0.3, -0.25) is 0 Å². The molecule has 2 rings (SSSR count). The molecule has 8 heteroatoms. The molecular weight excluding hydrogens is 262 g/mol. The molecule has 1 aromatic heterocycles. The number of carboxylic acid groups (broad SMARTS) is 1. The fraction of sp³-hybridized carbons (Fsp3) is 0.667. The highest BCUT2D eigenvalue weighted by Crippen LogP contribution is 2.28. The predicted octanol–water partition coefficient (Wildman–Crippen LogP) is 0.402. The molecule has 0 radical (unpaired) electrons. The number of carbonyl (C=O) groups is 2. The molecule has 110 valence electrons. The third-order valence-electron chi connectivity index (χ3n) is 3.68. The summed E-state index contributed by atoms with van der Waals surface area (Å²) in [5.41, 5.74) is -1.14. The first-order valence-corrected chi connectivity index (χ1v) is 6.66. The molecule has 1 aliphatic rings. The summed E-state index contributed by atoms with van der Waals surface area (Å²) >= 11 is 0. The van der Waals surface area contributed by atoms with Gasteiger partial charge in [-0.1, -0.05) is 19.3 Å². The molecule has 0 bridgehead atoms. The molecule has 0 unspecified atom stereocenters. The van der Waals surface area contributed by atoms with Gasteiger partial charge >= 0.3 is 12.0 Å². The molecule has 3 N–H and O–H groups in total. The van der Waals surface area contributed by atoms with E-state index in [0.717, 1.165) is 19.3 Å². The summed E-state index contributed by atoms with van der Waals surface area (Å²) in [6.45, 7) is 0.206. The van der Waals surface area contributed by atoms with Crippen molar-refractivity contribution in [3.05, 3.63) is 12.2 Å². The maximum Gasteiger partial charge on any atom is 0.329 e. The van der Waals surface area contributed by atoms with Gasteiger partial charge in [-0.25, -0.2) is 9.59 Å². The minimum absolute atomic E-state index is 0.206. The fourth-order valence-electron chi connectivity index (χ4n) is 2.44. The molecule has 1 saturated carbocycles. The highest BCUT2D eigenvalue weighted by Gasteiger charge is 2.40. The van der Waals surface area contributed by atoms with Crippen LogP contribution in [0.15, 0.2) is 6.33 Å². The number of carboxylic acids is 1. The van der Waals surface area contributed by atoms with Crippen molar-refractivity contribution < 1.29 is 14.7 Å². The Kier molecular flexibility index (Phi) is 4.21. The van der Waals surface area contributed by atoms with Crippen molar-refractivity contribution in [3.8, 4) is 0 Å². The van der Waals surface area contributed by atoms with Gasteiger partial charge in [0.25, 0.3) is 0 Å². The van der Waals surface area contributed by atoms with Crippen LogP contribution in [0.4, 0.5) is 4.79 Å². The number of carbonyl (C=O) groups excluding carboxylic acids is 1. The van der Waals surface area contributed by atoms with Gasteiger partial charge in [0.15, 0.2) is 5.82 Å². The van der Waals surface area contributed by atoms with E-state index in [4.69, 9.17) is 0 Å². The summed E-state index contributed by atoms with van der Waals surface area (Å²) in [5.74, 6) is -0.362. The number of nitrogens with zero attached hydrogens (tertiary/aromatic N) is 3. The number of amides is 2. The van der Waals surface area contributed by atoms with Crippen molar-refractivity contribution in [2.24, 2.45) is 7.05 Å². The average molecular weight is 281 g/mol. The van der Waals surface area contributed by atoms with Crippen LogP contribution in [0.1, 0.15) is 37.9 Å². The third-order valence-corrected chi connectivity index (χ3v) is 3.68. The van der Waals surface area contributed by atoms with Crippen LogP contribution in [0.3, 0.4) is 0 Å². The number of hydrogen-bond acceptors (Lipinski definition) is 4. The highest BCUT2D eigenvalue weighted by atomic mass is 16.4. The molecule has 2 amide bonds. The first-order chi connectivity index (χ1) is 9.53. The largest absolute Gasteiger partial charge is 0.480 e. The molecule has 8 nitrogen and oxygen atoms in total. The van der Waals surface area contributed by atoms with Gasteiger partial charge in [-0.2, -0.15) is 0 Å². The Balaban J connectivity index is 1.92. The zero-order valence-corrected chi connectivity index (χ0v) is 11.4. The van der Waals surface area contributed by atoms with E-state index in [-0.39, 0.29) is 6.54 Å². The zero-order chi connectivity index (χ0) is 14.6. The van der Waals surface area contributed by atoms with Crippen molar-refractivity contribution in [1.82, 2.24) is 25.4 Å². The van der Waals surface area contributed by atoms with Gasteiger partial charge in [0, 0.05) is 7.05 Å². The number of nitrogens with one attached hydrogen (secondary N) is 2. The van der Waals surface area contributed by atoms with Crippen LogP contribution in [0.2, 0.25) is 0 Å². The Morgan fingerprint density at radius 3 is 2.65 bits per heavy atom. The van der Waals surface area contributed by atoms with Crippen LogP contribution in [0.5, 0.6) is 0 Å². The molecule has 1 heterocycles. The Morgan fingerprint density at radius 1 is 1.40 bits per heavy atom. The molecular formula is C12H19N5O3. The van der Waals surface area contributed by atoms with E-state index >= 15 is 0 Å². The summed E-state index contributed by atoms with van der Waals surface area (Å²) in [5, 5.41) is 22.1. The van der Waals surface area contributed by atoms with E-state index in [1.165, 1.54) is 6.33 Å². The second-order valence-electron chi connectivity index (χ2n) is 5.11. The monoisotopic (exact) mass is 281 g/mol. The van der Waals surface area contributed by atoms with Crippen LogP contribution >= 0.6 is 0 Å². The Hall–Kier alpha value is -2.12. The standard InChI is InChI=1S/C12H19N5O3/c1-17-8-14-16-9(17)7-13-11(20)15-12(10(18)19)5-3-2-4-6-12/h8H,2-7H2,1H3,(H,18,19)(H2,13,15,20). The lowest BCUT2D eigenvalue weighted by molar-refractivity contribution is -0.145. The average Bonchev–Trinajstić information content (AvgIpc) is 2.83. The minimum atomic E-state index is -1.14. The van der Waals surface area contributed by atoms with E-state index in [1.54, 1.807) is 11.6 Å². The van der Waals surface area contributed by atoms with Crippen LogP contribution < -0.4 is 10.6 Å². The number of urea groups is 1. The van der Waals surface area contributed by atoms with Crippen LogP contribution in [0, 0.1) is 0 Å². The summed E-state index contributed by atoms with van der Waals surface area (Å²) in [4.78, 5) is 23.3. The summed E-state index contributed by atoms with van der Waals surface area (Å²) in [6.07, 6.45) is 5.12. The van der Waals surface area contributed by atoms with Crippen molar-refractivity contribution in [2.75, 3.05) is 0 Å². The second-order valence-corrected chi connectivity index (χ2v) is 5.11. The molecule has 1 fully saturated rings. The second kappa shape index (κ2) is 5.89. The number of aryl methyl sites for hydroxylation is 1. The van der Waals surface area contributed by atoms with E-state index in [1.807, 2.05) is 0 Å². The Labute approximate surface area is 116 Å². The van der Waals surface area contributed by atoms with Gasteiger partial charge in [0.05, 0.1) is 6.54 Å². The number of aromatic nitrogens is 3. The molecule has 0 aliphatic heterocycles. The van der Waals surface area contributed by atoms with Gasteiger partial charge < -0.3 is 20.3 Å². The lowest BCUT2D eigenvalue weighted by atomic mass is 9.82. The van der Waals surface area contributed by atoms with Crippen LogP contribution in [-0.4, -0.2) is 37.4 Å². The quantitative estimate of drug-likeness (QED) is 0.740. The van der Waals surface area contributed by atoms with Crippen molar-refractivity contribution in [2.45, 2.75) is 44.2 Å². The van der Waals surface area contributed by atoms with E-state index in [0.29, 0.717) is 18.7 Å². The highest BCUT2D eigenvalue weighted by molar-refractivity contribution is 5.86. The Bertz CT molecular complexity index is 493. The molecule has 0 aromatic carbocycles. The SMILES string of the molecule is Cn1cnnc1CNC(=O)NC1(C(=O)O)CCCCC1. The fourth-order valence-corrected chi connectivity index (χ4v) is 2.44. The predicted molar refractivity (Wildman–Crippen MR) is 69.8 cm³/mol. The molecule has 1 aliphatic carbocycles. The Morgan fingerprint density at radius 2 is 2.10 bits per heavy atom. The third kappa shape index (κ3) is 3.06. The summed E-state index contributed by atoms with van der Waals surface area (Å²) in [6, 6.07) is -0.489. The molecule has 0 spiro atoms. The van der Waals surface area contributed by atoms with E-state index < -0.39 is 17.5 Å². The first-order valence-electron chi connectivity index (χ1n) is 6.66. The van der Waals surface area contributed by atoms with Gasteiger partial charge in [0.1, 0.15) is 11.9 Å². The van der Waals surface area contributed by atoms with Gasteiger partial charge in [0.2, 0.25) is 0 Å². The first kappa shape index (κ1) is 14.3.